The molecule has 0 aromatic rings. The van der Waals surface area contributed by atoms with Gasteiger partial charge in [0.2, 0.25) is 11.8 Å². The number of amides is 2. The van der Waals surface area contributed by atoms with Gasteiger partial charge in [0.05, 0.1) is 6.42 Å². The molecule has 0 radical (unpaired) electrons. The maximum absolute atomic E-state index is 11.7. The van der Waals surface area contributed by atoms with Crippen LogP contribution in [0.5, 0.6) is 0 Å². The Balaban J connectivity index is 2.24. The molecule has 0 bridgehead atoms. The van der Waals surface area contributed by atoms with Crippen molar-refractivity contribution in [3.8, 4) is 0 Å². The molecule has 6 heteroatoms. The second-order valence-corrected chi connectivity index (χ2v) is 3.99. The number of carbonyl (C=O) groups excluding carboxylic acids is 2. The van der Waals surface area contributed by atoms with E-state index in [1.807, 2.05) is 11.8 Å². The molecule has 2 aliphatic heterocycles. The van der Waals surface area contributed by atoms with E-state index in [4.69, 9.17) is 12.2 Å². The summed E-state index contributed by atoms with van der Waals surface area (Å²) < 4.78 is 0. The third-order valence-corrected chi connectivity index (χ3v) is 3.25. The van der Waals surface area contributed by atoms with Crippen molar-refractivity contribution < 1.29 is 9.59 Å². The van der Waals surface area contributed by atoms with Crippen LogP contribution in [0.2, 0.25) is 0 Å². The molecule has 2 heterocycles. The van der Waals surface area contributed by atoms with Gasteiger partial charge >= 0.3 is 0 Å². The summed E-state index contributed by atoms with van der Waals surface area (Å²) in [6, 6.07) is -0.387. The van der Waals surface area contributed by atoms with Gasteiger partial charge in [0.25, 0.3) is 0 Å². The maximum Gasteiger partial charge on any atom is 0.243 e. The van der Waals surface area contributed by atoms with Crippen LogP contribution in [0.4, 0.5) is 0 Å². The fourth-order valence-electron chi connectivity index (χ4n) is 2.00. The first-order valence-electron chi connectivity index (χ1n) is 5.03. The summed E-state index contributed by atoms with van der Waals surface area (Å²) in [4.78, 5) is 26.6. The normalized spacial score (nSPS) is 26.5. The Hall–Kier alpha value is -1.17. The summed E-state index contributed by atoms with van der Waals surface area (Å²) in [7, 11) is 0. The van der Waals surface area contributed by atoms with Crippen LogP contribution in [-0.2, 0) is 9.59 Å². The Morgan fingerprint density at radius 1 is 1.53 bits per heavy atom. The Morgan fingerprint density at radius 3 is 2.93 bits per heavy atom. The van der Waals surface area contributed by atoms with Gasteiger partial charge in [0, 0.05) is 19.6 Å². The molecule has 2 saturated heterocycles. The lowest BCUT2D eigenvalue weighted by Gasteiger charge is -2.43. The molecule has 2 fully saturated rings. The van der Waals surface area contributed by atoms with E-state index in [-0.39, 0.29) is 24.3 Å². The summed E-state index contributed by atoms with van der Waals surface area (Å²) in [6.07, 6.45) is 0.236. The zero-order chi connectivity index (χ0) is 11.0. The van der Waals surface area contributed by atoms with E-state index in [2.05, 4.69) is 5.32 Å². The van der Waals surface area contributed by atoms with Gasteiger partial charge in [-0.05, 0) is 19.1 Å². The molecular weight excluding hydrogens is 214 g/mol. The average molecular weight is 227 g/mol. The average Bonchev–Trinajstić information content (AvgIpc) is 2.20. The zero-order valence-corrected chi connectivity index (χ0v) is 9.34. The van der Waals surface area contributed by atoms with E-state index in [0.29, 0.717) is 24.7 Å². The van der Waals surface area contributed by atoms with E-state index in [9.17, 15) is 9.59 Å². The van der Waals surface area contributed by atoms with Crippen LogP contribution in [0.1, 0.15) is 13.3 Å². The van der Waals surface area contributed by atoms with Gasteiger partial charge in [-0.15, -0.1) is 0 Å². The van der Waals surface area contributed by atoms with Crippen LogP contribution in [0.25, 0.3) is 0 Å². The highest BCUT2D eigenvalue weighted by atomic mass is 32.1. The number of thiocarbonyl (C=S) groups is 1. The minimum atomic E-state index is -0.387. The minimum Gasteiger partial charge on any atom is -0.353 e. The lowest BCUT2D eigenvalue weighted by molar-refractivity contribution is -0.138. The summed E-state index contributed by atoms with van der Waals surface area (Å²) in [5.74, 6) is -0.145. The van der Waals surface area contributed by atoms with E-state index in [1.165, 1.54) is 0 Å². The fourth-order valence-corrected chi connectivity index (χ4v) is 2.44. The molecule has 0 spiro atoms. The predicted octanol–water partition coefficient (Wildman–Crippen LogP) is -0.676. The molecule has 2 amide bonds. The van der Waals surface area contributed by atoms with Crippen LogP contribution in [0, 0.1) is 0 Å². The number of hydrogen-bond donors (Lipinski definition) is 1. The van der Waals surface area contributed by atoms with Crippen molar-refractivity contribution >= 4 is 29.1 Å². The molecule has 0 saturated carbocycles. The van der Waals surface area contributed by atoms with Gasteiger partial charge in [-0.1, -0.05) is 0 Å². The molecule has 1 atom stereocenters. The fraction of sp³-hybridized carbons (Fsp3) is 0.667. The van der Waals surface area contributed by atoms with Gasteiger partial charge in [-0.25, -0.2) is 0 Å². The van der Waals surface area contributed by atoms with Crippen molar-refractivity contribution in [2.75, 3.05) is 19.6 Å². The molecule has 2 aliphatic rings. The highest BCUT2D eigenvalue weighted by Gasteiger charge is 2.40. The number of carbonyl (C=O) groups is 2. The number of nitrogens with zero attached hydrogens (tertiary/aromatic N) is 2. The zero-order valence-electron chi connectivity index (χ0n) is 8.52. The summed E-state index contributed by atoms with van der Waals surface area (Å²) in [5, 5.41) is 3.24. The number of rotatable bonds is 1. The third-order valence-electron chi connectivity index (χ3n) is 2.79. The molecule has 2 rings (SSSR count). The second kappa shape index (κ2) is 3.77. The molecule has 0 aromatic carbocycles. The third kappa shape index (κ3) is 1.58. The first kappa shape index (κ1) is 10.4. The Labute approximate surface area is 93.4 Å². The monoisotopic (exact) mass is 227 g/mol. The van der Waals surface area contributed by atoms with E-state index >= 15 is 0 Å². The molecule has 15 heavy (non-hydrogen) atoms. The highest BCUT2D eigenvalue weighted by Crippen LogP contribution is 2.19. The van der Waals surface area contributed by atoms with Crippen molar-refractivity contribution in [1.82, 2.24) is 15.1 Å². The van der Waals surface area contributed by atoms with Crippen molar-refractivity contribution in [2.45, 2.75) is 19.4 Å². The Kier molecular flexibility index (Phi) is 2.60. The van der Waals surface area contributed by atoms with Crippen molar-refractivity contribution in [3.63, 3.8) is 0 Å². The van der Waals surface area contributed by atoms with Gasteiger partial charge < -0.3 is 10.2 Å². The smallest absolute Gasteiger partial charge is 0.243 e. The van der Waals surface area contributed by atoms with Crippen LogP contribution < -0.4 is 5.32 Å². The number of nitrogens with one attached hydrogen (secondary N) is 1. The van der Waals surface area contributed by atoms with E-state index < -0.39 is 0 Å². The number of piperazine rings is 1. The Morgan fingerprint density at radius 2 is 2.27 bits per heavy atom. The van der Waals surface area contributed by atoms with Crippen LogP contribution in [0.3, 0.4) is 0 Å². The molecule has 1 N–H and O–H groups in total. The summed E-state index contributed by atoms with van der Waals surface area (Å²) in [6.45, 7) is 3.75. The molecular formula is C9H13N3O2S. The van der Waals surface area contributed by atoms with E-state index in [1.54, 1.807) is 4.90 Å². The van der Waals surface area contributed by atoms with Gasteiger partial charge in [0.1, 0.15) is 6.04 Å². The molecule has 0 aromatic heterocycles. The first-order valence-corrected chi connectivity index (χ1v) is 5.44. The van der Waals surface area contributed by atoms with Gasteiger partial charge in [-0.3, -0.25) is 14.5 Å². The molecule has 0 aliphatic carbocycles. The number of hydrogen-bond acceptors (Lipinski definition) is 3. The van der Waals surface area contributed by atoms with Crippen molar-refractivity contribution in [2.24, 2.45) is 0 Å². The van der Waals surface area contributed by atoms with Crippen LogP contribution in [-0.4, -0.2) is 52.4 Å². The number of fused-ring (bicyclic) bond motifs is 1. The lowest BCUT2D eigenvalue weighted by atomic mass is 10.1. The molecule has 0 unspecified atom stereocenters. The second-order valence-electron chi connectivity index (χ2n) is 3.62. The SMILES string of the molecule is CCN1C(=O)C[C@@H]2C(=O)NCCN2C1=S. The lowest BCUT2D eigenvalue weighted by Crippen LogP contribution is -2.65. The quantitative estimate of drug-likeness (QED) is 0.603. The summed E-state index contributed by atoms with van der Waals surface area (Å²) in [5.41, 5.74) is 0. The van der Waals surface area contributed by atoms with Crippen molar-refractivity contribution in [1.29, 1.82) is 0 Å². The summed E-state index contributed by atoms with van der Waals surface area (Å²) >= 11 is 5.21. The van der Waals surface area contributed by atoms with Crippen molar-refractivity contribution in [3.05, 3.63) is 0 Å². The highest BCUT2D eigenvalue weighted by molar-refractivity contribution is 7.80. The van der Waals surface area contributed by atoms with Crippen LogP contribution >= 0.6 is 12.2 Å². The molecule has 5 nitrogen and oxygen atoms in total. The van der Waals surface area contributed by atoms with Crippen LogP contribution in [0.15, 0.2) is 0 Å². The Bertz CT molecular complexity index is 331. The predicted molar refractivity (Wildman–Crippen MR) is 58.1 cm³/mol. The first-order chi connectivity index (χ1) is 7.15. The van der Waals surface area contributed by atoms with Gasteiger partial charge in [-0.2, -0.15) is 0 Å². The molecule has 82 valence electrons. The maximum atomic E-state index is 11.7. The van der Waals surface area contributed by atoms with Gasteiger partial charge in [0.15, 0.2) is 5.11 Å². The van der Waals surface area contributed by atoms with E-state index in [0.717, 1.165) is 0 Å². The minimum absolute atomic E-state index is 0.0548. The largest absolute Gasteiger partial charge is 0.353 e. The topological polar surface area (TPSA) is 52.7 Å². The standard InChI is InChI=1S/C9H13N3O2S/c1-2-11-7(13)5-6-8(14)10-3-4-12(6)9(11)15/h6H,2-5H2,1H3,(H,10,14)/t6-/m1/s1.